The Hall–Kier alpha value is -1.48. The minimum Gasteiger partial charge on any atom is -0.492 e. The number of rotatable bonds is 6. The van der Waals surface area contributed by atoms with E-state index in [2.05, 4.69) is 46.8 Å². The summed E-state index contributed by atoms with van der Waals surface area (Å²) < 4.78 is 17.2. The smallest absolute Gasteiger partial charge is 0.126 e. The summed E-state index contributed by atoms with van der Waals surface area (Å²) in [6.07, 6.45) is 4.74. The molecule has 1 aromatic carbocycles. The summed E-state index contributed by atoms with van der Waals surface area (Å²) in [6.45, 7) is 12.2. The number of fused-ring (bicyclic) bond motifs is 1. The molecule has 3 heteroatoms. The molecule has 1 unspecified atom stereocenters. The second kappa shape index (κ2) is 5.86. The van der Waals surface area contributed by atoms with Crippen LogP contribution >= 0.6 is 0 Å². The molecular formula is C20H28O3. The van der Waals surface area contributed by atoms with Crippen LogP contribution in [0.5, 0.6) is 11.5 Å². The van der Waals surface area contributed by atoms with E-state index in [4.69, 9.17) is 14.2 Å². The van der Waals surface area contributed by atoms with Crippen molar-refractivity contribution in [3.8, 4) is 11.5 Å². The molecule has 1 saturated heterocycles. The molecule has 126 valence electrons. The second-order valence-corrected chi connectivity index (χ2v) is 7.94. The van der Waals surface area contributed by atoms with E-state index in [9.17, 15) is 0 Å². The maximum atomic E-state index is 5.85. The van der Waals surface area contributed by atoms with E-state index in [1.165, 1.54) is 11.1 Å². The lowest BCUT2D eigenvalue weighted by molar-refractivity contribution is 0.289. The summed E-state index contributed by atoms with van der Waals surface area (Å²) in [4.78, 5) is 0. The van der Waals surface area contributed by atoms with Crippen molar-refractivity contribution in [1.82, 2.24) is 0 Å². The first kappa shape index (κ1) is 16.4. The molecule has 2 heterocycles. The van der Waals surface area contributed by atoms with Crippen LogP contribution in [0.25, 0.3) is 0 Å². The van der Waals surface area contributed by atoms with Gasteiger partial charge in [-0.2, -0.15) is 0 Å². The largest absolute Gasteiger partial charge is 0.492 e. The Labute approximate surface area is 139 Å². The molecule has 3 nitrogen and oxygen atoms in total. The summed E-state index contributed by atoms with van der Waals surface area (Å²) in [7, 11) is 0. The fourth-order valence-electron chi connectivity index (χ4n) is 3.09. The molecule has 0 N–H and O–H groups in total. The molecule has 0 saturated carbocycles. The summed E-state index contributed by atoms with van der Waals surface area (Å²) in [5.74, 6) is 1.83. The first-order chi connectivity index (χ1) is 10.8. The topological polar surface area (TPSA) is 31.0 Å². The van der Waals surface area contributed by atoms with Gasteiger partial charge >= 0.3 is 0 Å². The Bertz CT molecular complexity index is 613. The molecule has 2 aliphatic rings. The van der Waals surface area contributed by atoms with E-state index in [0.29, 0.717) is 12.7 Å². The van der Waals surface area contributed by atoms with Gasteiger partial charge in [-0.3, -0.25) is 0 Å². The van der Waals surface area contributed by atoms with Gasteiger partial charge in [-0.25, -0.2) is 0 Å². The third kappa shape index (κ3) is 3.72. The Balaban J connectivity index is 1.48. The van der Waals surface area contributed by atoms with Crippen LogP contribution in [0.15, 0.2) is 29.8 Å². The minimum atomic E-state index is 0.0922. The zero-order chi connectivity index (χ0) is 16.7. The van der Waals surface area contributed by atoms with E-state index >= 15 is 0 Å². The number of hydrogen-bond acceptors (Lipinski definition) is 3. The third-order valence-electron chi connectivity index (χ3n) is 4.92. The fraction of sp³-hybridized carbons (Fsp3) is 0.600. The van der Waals surface area contributed by atoms with Gasteiger partial charge < -0.3 is 14.2 Å². The fourth-order valence-corrected chi connectivity index (χ4v) is 3.09. The summed E-state index contributed by atoms with van der Waals surface area (Å²) in [6, 6.07) is 6.17. The molecule has 1 aromatic rings. The maximum absolute atomic E-state index is 5.85. The molecule has 0 bridgehead atoms. The van der Waals surface area contributed by atoms with Crippen molar-refractivity contribution in [2.75, 3.05) is 13.2 Å². The first-order valence-corrected chi connectivity index (χ1v) is 8.51. The van der Waals surface area contributed by atoms with Crippen molar-refractivity contribution in [3.63, 3.8) is 0 Å². The molecular weight excluding hydrogens is 288 g/mol. The quantitative estimate of drug-likeness (QED) is 0.566. The lowest BCUT2D eigenvalue weighted by Crippen LogP contribution is -2.18. The standard InChI is InChI=1S/C20H28O3/c1-14(6-9-18-20(4,5)23-18)10-11-21-15-7-8-16-17(12-15)22-13-19(16,2)3/h7-8,10,12,18H,6,9,11,13H2,1-5H3. The first-order valence-electron chi connectivity index (χ1n) is 8.51. The van der Waals surface area contributed by atoms with Crippen LogP contribution < -0.4 is 9.47 Å². The van der Waals surface area contributed by atoms with Crippen LogP contribution in [-0.2, 0) is 10.2 Å². The van der Waals surface area contributed by atoms with E-state index < -0.39 is 0 Å². The van der Waals surface area contributed by atoms with E-state index in [1.807, 2.05) is 12.1 Å². The van der Waals surface area contributed by atoms with Gasteiger partial charge in [0.25, 0.3) is 0 Å². The van der Waals surface area contributed by atoms with Crippen molar-refractivity contribution >= 4 is 0 Å². The number of benzene rings is 1. The molecule has 1 atom stereocenters. The number of allylic oxidation sites excluding steroid dienone is 1. The predicted octanol–water partition coefficient (Wildman–Crippen LogP) is 4.64. The highest BCUT2D eigenvalue weighted by Crippen LogP contribution is 2.40. The van der Waals surface area contributed by atoms with Gasteiger partial charge in [-0.15, -0.1) is 0 Å². The highest BCUT2D eigenvalue weighted by molar-refractivity contribution is 5.47. The van der Waals surface area contributed by atoms with Crippen molar-refractivity contribution in [3.05, 3.63) is 35.4 Å². The average molecular weight is 316 g/mol. The normalized spacial score (nSPS) is 24.0. The monoisotopic (exact) mass is 316 g/mol. The molecule has 0 amide bonds. The molecule has 0 aliphatic carbocycles. The van der Waals surface area contributed by atoms with Crippen LogP contribution in [0.4, 0.5) is 0 Å². The Morgan fingerprint density at radius 1 is 1.30 bits per heavy atom. The SMILES string of the molecule is CC(=CCOc1ccc2c(c1)OCC2(C)C)CCC1OC1(C)C. The predicted molar refractivity (Wildman–Crippen MR) is 92.4 cm³/mol. The lowest BCUT2D eigenvalue weighted by atomic mass is 9.87. The summed E-state index contributed by atoms with van der Waals surface area (Å²) in [5, 5.41) is 0. The zero-order valence-electron chi connectivity index (χ0n) is 14.9. The molecule has 2 aliphatic heterocycles. The Morgan fingerprint density at radius 3 is 2.74 bits per heavy atom. The Kier molecular flexibility index (Phi) is 4.18. The van der Waals surface area contributed by atoms with Crippen molar-refractivity contribution in [2.45, 2.75) is 64.6 Å². The highest BCUT2D eigenvalue weighted by atomic mass is 16.6. The lowest BCUT2D eigenvalue weighted by Gasteiger charge is -2.15. The van der Waals surface area contributed by atoms with Crippen LogP contribution in [-0.4, -0.2) is 24.9 Å². The van der Waals surface area contributed by atoms with E-state index in [0.717, 1.165) is 30.9 Å². The number of epoxide rings is 1. The van der Waals surface area contributed by atoms with Crippen LogP contribution in [0.1, 0.15) is 53.0 Å². The van der Waals surface area contributed by atoms with Gasteiger partial charge in [0.2, 0.25) is 0 Å². The highest BCUT2D eigenvalue weighted by Gasteiger charge is 2.46. The number of hydrogen-bond donors (Lipinski definition) is 0. The van der Waals surface area contributed by atoms with Crippen LogP contribution in [0.2, 0.25) is 0 Å². The van der Waals surface area contributed by atoms with Gasteiger partial charge in [-0.05, 0) is 45.8 Å². The molecule has 23 heavy (non-hydrogen) atoms. The maximum Gasteiger partial charge on any atom is 0.126 e. The van der Waals surface area contributed by atoms with Gasteiger partial charge in [0, 0.05) is 17.0 Å². The molecule has 0 spiro atoms. The van der Waals surface area contributed by atoms with Gasteiger partial charge in [0.1, 0.15) is 18.1 Å². The minimum absolute atomic E-state index is 0.0922. The molecule has 0 aromatic heterocycles. The van der Waals surface area contributed by atoms with Crippen molar-refractivity contribution in [1.29, 1.82) is 0 Å². The Morgan fingerprint density at radius 2 is 2.04 bits per heavy atom. The zero-order valence-corrected chi connectivity index (χ0v) is 14.9. The molecule has 0 radical (unpaired) electrons. The van der Waals surface area contributed by atoms with Crippen LogP contribution in [0, 0.1) is 0 Å². The van der Waals surface area contributed by atoms with Gasteiger partial charge in [0.15, 0.2) is 0 Å². The van der Waals surface area contributed by atoms with Crippen molar-refractivity contribution in [2.24, 2.45) is 0 Å². The average Bonchev–Trinajstić information content (AvgIpc) is 2.98. The summed E-state index contributed by atoms with van der Waals surface area (Å²) >= 11 is 0. The van der Waals surface area contributed by atoms with Crippen molar-refractivity contribution < 1.29 is 14.2 Å². The molecule has 3 rings (SSSR count). The number of ether oxygens (including phenoxy) is 3. The van der Waals surface area contributed by atoms with E-state index in [1.54, 1.807) is 0 Å². The molecule has 1 fully saturated rings. The second-order valence-electron chi connectivity index (χ2n) is 7.94. The van der Waals surface area contributed by atoms with E-state index in [-0.39, 0.29) is 11.0 Å². The van der Waals surface area contributed by atoms with Crippen LogP contribution in [0.3, 0.4) is 0 Å². The third-order valence-corrected chi connectivity index (χ3v) is 4.92. The van der Waals surface area contributed by atoms with Gasteiger partial charge in [-0.1, -0.05) is 25.5 Å². The summed E-state index contributed by atoms with van der Waals surface area (Å²) in [5.41, 5.74) is 2.82. The van der Waals surface area contributed by atoms with Gasteiger partial charge in [0.05, 0.1) is 18.3 Å².